The van der Waals surface area contributed by atoms with Crippen LogP contribution in [0.25, 0.3) is 0 Å². The molecule has 1 aromatic rings. The number of halogens is 3. The first-order valence-electron chi connectivity index (χ1n) is 4.01. The number of alkyl halides is 3. The van der Waals surface area contributed by atoms with Crippen molar-refractivity contribution in [1.29, 1.82) is 0 Å². The highest BCUT2D eigenvalue weighted by Gasteiger charge is 2.26. The van der Waals surface area contributed by atoms with Gasteiger partial charge in [-0.05, 0) is 6.07 Å². The molecule has 4 nitrogen and oxygen atoms in total. The van der Waals surface area contributed by atoms with Crippen LogP contribution in [0, 0.1) is 0 Å². The van der Waals surface area contributed by atoms with Crippen LogP contribution < -0.4 is 10.8 Å². The average Bonchev–Trinajstić information content (AvgIpc) is 2.14. The molecule has 0 aliphatic heterocycles. The number of hydrogen-bond acceptors (Lipinski definition) is 4. The lowest BCUT2D eigenvalue weighted by Gasteiger charge is -2.08. The number of rotatable bonds is 3. The second kappa shape index (κ2) is 4.50. The summed E-state index contributed by atoms with van der Waals surface area (Å²) >= 11 is 0. The van der Waals surface area contributed by atoms with Crippen molar-refractivity contribution in [2.24, 2.45) is 0 Å². The third kappa shape index (κ3) is 4.17. The predicted molar refractivity (Wildman–Crippen MR) is 48.6 cm³/mol. The monoisotopic (exact) mass is 220 g/mol. The summed E-state index contributed by atoms with van der Waals surface area (Å²) in [6.45, 7) is -1.18. The van der Waals surface area contributed by atoms with E-state index in [1.54, 1.807) is 0 Å². The summed E-state index contributed by atoms with van der Waals surface area (Å²) in [6, 6.07) is 2.51. The second-order valence-corrected chi connectivity index (χ2v) is 2.82. The molecular formula is C7H8BF3N2O2. The Labute approximate surface area is 83.9 Å². The maximum atomic E-state index is 11.8. The van der Waals surface area contributed by atoms with Crippen LogP contribution in [0.3, 0.4) is 0 Å². The lowest BCUT2D eigenvalue weighted by Crippen LogP contribution is -2.30. The van der Waals surface area contributed by atoms with E-state index >= 15 is 0 Å². The third-order valence-corrected chi connectivity index (χ3v) is 1.55. The maximum Gasteiger partial charge on any atom is 0.490 e. The summed E-state index contributed by atoms with van der Waals surface area (Å²) in [7, 11) is -1.67. The number of nitrogens with zero attached hydrogens (tertiary/aromatic N) is 1. The van der Waals surface area contributed by atoms with E-state index in [-0.39, 0.29) is 11.3 Å². The molecule has 0 spiro atoms. The largest absolute Gasteiger partial charge is 0.490 e. The van der Waals surface area contributed by atoms with E-state index in [9.17, 15) is 13.2 Å². The fraction of sp³-hybridized carbons (Fsp3) is 0.286. The van der Waals surface area contributed by atoms with Gasteiger partial charge in [0.2, 0.25) is 0 Å². The molecule has 15 heavy (non-hydrogen) atoms. The van der Waals surface area contributed by atoms with Gasteiger partial charge in [-0.1, -0.05) is 6.07 Å². The molecule has 0 saturated carbocycles. The Hall–Kier alpha value is -1.28. The summed E-state index contributed by atoms with van der Waals surface area (Å²) in [5, 5.41) is 19.4. The number of nitrogens with one attached hydrogen (secondary N) is 1. The van der Waals surface area contributed by atoms with Crippen molar-refractivity contribution in [2.75, 3.05) is 11.9 Å². The van der Waals surface area contributed by atoms with Gasteiger partial charge in [0.05, 0.1) is 0 Å². The molecule has 0 unspecified atom stereocenters. The van der Waals surface area contributed by atoms with Crippen molar-refractivity contribution < 1.29 is 23.2 Å². The molecule has 0 aromatic carbocycles. The Morgan fingerprint density at radius 2 is 2.00 bits per heavy atom. The molecule has 82 valence electrons. The highest BCUT2D eigenvalue weighted by atomic mass is 19.4. The summed E-state index contributed by atoms with van der Waals surface area (Å²) in [5.74, 6) is 0.0247. The molecule has 3 N–H and O–H groups in total. The van der Waals surface area contributed by atoms with Crippen LogP contribution in [0.2, 0.25) is 0 Å². The van der Waals surface area contributed by atoms with Gasteiger partial charge in [0, 0.05) is 11.7 Å². The van der Waals surface area contributed by atoms with E-state index in [2.05, 4.69) is 10.3 Å². The van der Waals surface area contributed by atoms with E-state index in [4.69, 9.17) is 10.0 Å². The minimum Gasteiger partial charge on any atom is -0.423 e. The van der Waals surface area contributed by atoms with Crippen molar-refractivity contribution in [3.8, 4) is 0 Å². The van der Waals surface area contributed by atoms with Crippen molar-refractivity contribution >= 4 is 18.4 Å². The predicted octanol–water partition coefficient (Wildman–Crippen LogP) is -0.264. The molecule has 0 aliphatic rings. The van der Waals surface area contributed by atoms with Crippen LogP contribution in [-0.4, -0.2) is 34.9 Å². The number of hydrogen-bond donors (Lipinski definition) is 3. The number of anilines is 1. The van der Waals surface area contributed by atoms with Gasteiger partial charge >= 0.3 is 13.3 Å². The summed E-state index contributed by atoms with van der Waals surface area (Å²) in [4.78, 5) is 3.57. The van der Waals surface area contributed by atoms with Gasteiger partial charge in [0.1, 0.15) is 12.4 Å². The molecule has 0 bridgehead atoms. The zero-order valence-corrected chi connectivity index (χ0v) is 7.49. The highest BCUT2D eigenvalue weighted by Crippen LogP contribution is 2.14. The highest BCUT2D eigenvalue weighted by molar-refractivity contribution is 6.58. The standard InChI is InChI=1S/C7H8BF3N2O2/c9-7(10,11)4-13-6-2-1-5(3-12-6)8(14)15/h1-3,14-15H,4H2,(H,12,13). The molecule has 0 aliphatic carbocycles. The second-order valence-electron chi connectivity index (χ2n) is 2.82. The van der Waals surface area contributed by atoms with Crippen molar-refractivity contribution in [1.82, 2.24) is 4.98 Å². The molecule has 0 fully saturated rings. The van der Waals surface area contributed by atoms with Gasteiger partial charge in [0.15, 0.2) is 0 Å². The van der Waals surface area contributed by atoms with E-state index in [0.717, 1.165) is 6.20 Å². The van der Waals surface area contributed by atoms with Gasteiger partial charge in [0.25, 0.3) is 0 Å². The fourth-order valence-corrected chi connectivity index (χ4v) is 0.853. The van der Waals surface area contributed by atoms with Gasteiger partial charge in [-0.15, -0.1) is 0 Å². The van der Waals surface area contributed by atoms with Gasteiger partial charge in [-0.3, -0.25) is 0 Å². The first kappa shape index (κ1) is 11.8. The minimum atomic E-state index is -4.31. The molecule has 0 atom stereocenters. The van der Waals surface area contributed by atoms with E-state index < -0.39 is 19.8 Å². The van der Waals surface area contributed by atoms with E-state index in [1.165, 1.54) is 12.1 Å². The topological polar surface area (TPSA) is 65.4 Å². The average molecular weight is 220 g/mol. The summed E-state index contributed by atoms with van der Waals surface area (Å²) < 4.78 is 35.3. The number of pyridine rings is 1. The quantitative estimate of drug-likeness (QED) is 0.613. The molecule has 0 saturated heterocycles. The van der Waals surface area contributed by atoms with Crippen LogP contribution in [0.4, 0.5) is 19.0 Å². The Kier molecular flexibility index (Phi) is 3.54. The molecule has 8 heteroatoms. The Balaban J connectivity index is 2.57. The molecule has 0 amide bonds. The smallest absolute Gasteiger partial charge is 0.423 e. The third-order valence-electron chi connectivity index (χ3n) is 1.55. The van der Waals surface area contributed by atoms with Crippen LogP contribution in [0.15, 0.2) is 18.3 Å². The Bertz CT molecular complexity index is 315. The van der Waals surface area contributed by atoms with Crippen LogP contribution in [0.5, 0.6) is 0 Å². The first-order valence-corrected chi connectivity index (χ1v) is 4.01. The minimum absolute atomic E-state index is 0.0247. The van der Waals surface area contributed by atoms with Crippen molar-refractivity contribution in [2.45, 2.75) is 6.18 Å². The summed E-state index contributed by atoms with van der Waals surface area (Å²) in [5.41, 5.74) is 0.118. The van der Waals surface area contributed by atoms with Crippen LogP contribution >= 0.6 is 0 Å². The zero-order valence-electron chi connectivity index (χ0n) is 7.49. The Morgan fingerprint density at radius 1 is 1.33 bits per heavy atom. The molecule has 1 rings (SSSR count). The lowest BCUT2D eigenvalue weighted by atomic mass is 9.82. The molecule has 1 heterocycles. The molecule has 1 aromatic heterocycles. The van der Waals surface area contributed by atoms with Gasteiger partial charge in [-0.2, -0.15) is 13.2 Å². The van der Waals surface area contributed by atoms with Crippen molar-refractivity contribution in [3.63, 3.8) is 0 Å². The van der Waals surface area contributed by atoms with Gasteiger partial charge in [-0.25, -0.2) is 4.98 Å². The van der Waals surface area contributed by atoms with Crippen LogP contribution in [0.1, 0.15) is 0 Å². The zero-order chi connectivity index (χ0) is 11.5. The molecule has 0 radical (unpaired) electrons. The van der Waals surface area contributed by atoms with Crippen LogP contribution in [-0.2, 0) is 0 Å². The van der Waals surface area contributed by atoms with E-state index in [1.807, 2.05) is 0 Å². The normalized spacial score (nSPS) is 11.3. The lowest BCUT2D eigenvalue weighted by molar-refractivity contribution is -0.115. The van der Waals surface area contributed by atoms with Gasteiger partial charge < -0.3 is 15.4 Å². The number of aromatic nitrogens is 1. The van der Waals surface area contributed by atoms with E-state index in [0.29, 0.717) is 0 Å². The molecular weight excluding hydrogens is 212 g/mol. The fourth-order valence-electron chi connectivity index (χ4n) is 0.853. The SMILES string of the molecule is OB(O)c1ccc(NCC(F)(F)F)nc1. The first-order chi connectivity index (χ1) is 6.88. The Morgan fingerprint density at radius 3 is 2.40 bits per heavy atom. The van der Waals surface area contributed by atoms with Crippen molar-refractivity contribution in [3.05, 3.63) is 18.3 Å². The maximum absolute atomic E-state index is 11.8. The summed E-state index contributed by atoms with van der Waals surface area (Å²) in [6.07, 6.45) is -3.22.